The summed E-state index contributed by atoms with van der Waals surface area (Å²) >= 11 is 0. The van der Waals surface area contributed by atoms with Crippen LogP contribution in [0.15, 0.2) is 29.2 Å². The van der Waals surface area contributed by atoms with Gasteiger partial charge in [-0.3, -0.25) is 4.18 Å². The van der Waals surface area contributed by atoms with Crippen LogP contribution in [0.5, 0.6) is 0 Å². The van der Waals surface area contributed by atoms with Gasteiger partial charge >= 0.3 is 0 Å². The van der Waals surface area contributed by atoms with Gasteiger partial charge in [0.2, 0.25) is 0 Å². The fourth-order valence-electron chi connectivity index (χ4n) is 1.85. The summed E-state index contributed by atoms with van der Waals surface area (Å²) in [7, 11) is -3.99. The molecule has 2 rings (SSSR count). The van der Waals surface area contributed by atoms with E-state index in [1.807, 2.05) is 6.92 Å². The van der Waals surface area contributed by atoms with Crippen molar-refractivity contribution in [2.75, 3.05) is 13.2 Å². The summed E-state index contributed by atoms with van der Waals surface area (Å²) in [5.74, 6) is 0. The quantitative estimate of drug-likeness (QED) is 0.747. The topological polar surface area (TPSA) is 93.1 Å². The van der Waals surface area contributed by atoms with Crippen LogP contribution in [0.1, 0.15) is 5.56 Å². The van der Waals surface area contributed by atoms with Gasteiger partial charge in [0.1, 0.15) is 18.3 Å². The summed E-state index contributed by atoms with van der Waals surface area (Å²) in [6.45, 7) is 1.37. The maximum absolute atomic E-state index is 12.0. The van der Waals surface area contributed by atoms with Gasteiger partial charge in [0, 0.05) is 0 Å². The van der Waals surface area contributed by atoms with Gasteiger partial charge in [-0.25, -0.2) is 0 Å². The molecule has 0 aliphatic carbocycles. The normalized spacial score (nSPS) is 27.6. The second-order valence-electron chi connectivity index (χ2n) is 4.45. The van der Waals surface area contributed by atoms with Crippen molar-refractivity contribution in [1.29, 1.82) is 0 Å². The first-order chi connectivity index (χ1) is 8.94. The third-order valence-corrected chi connectivity index (χ3v) is 4.28. The highest BCUT2D eigenvalue weighted by Crippen LogP contribution is 2.23. The molecule has 1 fully saturated rings. The van der Waals surface area contributed by atoms with Crippen LogP contribution < -0.4 is 0 Å². The highest BCUT2D eigenvalue weighted by molar-refractivity contribution is 7.86. The van der Waals surface area contributed by atoms with Crippen molar-refractivity contribution in [1.82, 2.24) is 0 Å². The predicted octanol–water partition coefficient (Wildman–Crippen LogP) is -0.179. The molecule has 7 heteroatoms. The number of hydrogen-bond donors (Lipinski definition) is 2. The van der Waals surface area contributed by atoms with E-state index in [2.05, 4.69) is 0 Å². The second kappa shape index (κ2) is 5.56. The first kappa shape index (κ1) is 14.4. The Kier molecular flexibility index (Phi) is 4.22. The minimum atomic E-state index is -3.99. The number of ether oxygens (including phenoxy) is 1. The van der Waals surface area contributed by atoms with Crippen molar-refractivity contribution in [3.8, 4) is 0 Å². The molecule has 0 aromatic heterocycles. The summed E-state index contributed by atoms with van der Waals surface area (Å²) in [6.07, 6.45) is -3.00. The van der Waals surface area contributed by atoms with Crippen molar-refractivity contribution >= 4 is 10.1 Å². The molecule has 6 nitrogen and oxygen atoms in total. The summed E-state index contributed by atoms with van der Waals surface area (Å²) in [5, 5.41) is 18.7. The lowest BCUT2D eigenvalue weighted by Crippen LogP contribution is -2.37. The van der Waals surface area contributed by atoms with Gasteiger partial charge in [-0.2, -0.15) is 8.42 Å². The molecule has 0 saturated carbocycles. The number of aliphatic hydroxyl groups excluding tert-OH is 2. The predicted molar refractivity (Wildman–Crippen MR) is 66.1 cm³/mol. The smallest absolute Gasteiger partial charge is 0.297 e. The van der Waals surface area contributed by atoms with E-state index in [0.29, 0.717) is 0 Å². The Morgan fingerprint density at radius 1 is 1.37 bits per heavy atom. The fraction of sp³-hybridized carbons (Fsp3) is 0.500. The van der Waals surface area contributed by atoms with Crippen LogP contribution in [0.25, 0.3) is 0 Å². The minimum absolute atomic E-state index is 0.00823. The van der Waals surface area contributed by atoms with Crippen molar-refractivity contribution in [2.45, 2.75) is 30.1 Å². The van der Waals surface area contributed by atoms with E-state index < -0.39 is 35.0 Å². The monoisotopic (exact) mass is 288 g/mol. The molecule has 1 saturated heterocycles. The van der Waals surface area contributed by atoms with Crippen molar-refractivity contribution in [2.24, 2.45) is 0 Å². The average Bonchev–Trinajstić information content (AvgIpc) is 2.70. The zero-order chi connectivity index (χ0) is 14.0. The largest absolute Gasteiger partial charge is 0.394 e. The highest BCUT2D eigenvalue weighted by atomic mass is 32.2. The fourth-order valence-corrected chi connectivity index (χ4v) is 2.97. The number of aryl methyl sites for hydroxylation is 1. The van der Waals surface area contributed by atoms with Gasteiger partial charge in [-0.1, -0.05) is 17.7 Å². The Balaban J connectivity index is 2.19. The Bertz CT molecular complexity index is 524. The van der Waals surface area contributed by atoms with Crippen molar-refractivity contribution in [3.05, 3.63) is 29.8 Å². The molecule has 1 heterocycles. The number of aliphatic hydroxyl groups is 2. The maximum Gasteiger partial charge on any atom is 0.297 e. The summed E-state index contributed by atoms with van der Waals surface area (Å²) in [5.41, 5.74) is 0.927. The first-order valence-electron chi connectivity index (χ1n) is 5.84. The molecule has 1 aliphatic rings. The third kappa shape index (κ3) is 3.13. The molecule has 1 aromatic rings. The van der Waals surface area contributed by atoms with Crippen molar-refractivity contribution < 1.29 is 27.6 Å². The van der Waals surface area contributed by atoms with Gasteiger partial charge in [0.05, 0.1) is 18.1 Å². The summed E-state index contributed by atoms with van der Waals surface area (Å²) < 4.78 is 34.1. The van der Waals surface area contributed by atoms with E-state index in [1.165, 1.54) is 12.1 Å². The lowest BCUT2D eigenvalue weighted by atomic mass is 10.2. The van der Waals surface area contributed by atoms with Gasteiger partial charge in [-0.05, 0) is 19.1 Å². The van der Waals surface area contributed by atoms with Crippen LogP contribution in [0.2, 0.25) is 0 Å². The molecule has 0 spiro atoms. The van der Waals surface area contributed by atoms with Gasteiger partial charge in [0.15, 0.2) is 0 Å². The Labute approximate surface area is 111 Å². The lowest BCUT2D eigenvalue weighted by molar-refractivity contribution is 0.00944. The number of hydrogen-bond acceptors (Lipinski definition) is 6. The molecule has 0 bridgehead atoms. The Hall–Kier alpha value is -0.990. The molecular formula is C12H16O6S. The zero-order valence-corrected chi connectivity index (χ0v) is 11.2. The van der Waals surface area contributed by atoms with E-state index in [-0.39, 0.29) is 11.5 Å². The summed E-state index contributed by atoms with van der Waals surface area (Å²) in [4.78, 5) is 0.00823. The van der Waals surface area contributed by atoms with E-state index in [4.69, 9.17) is 14.0 Å². The number of rotatable bonds is 4. The molecule has 106 valence electrons. The minimum Gasteiger partial charge on any atom is -0.394 e. The van der Waals surface area contributed by atoms with E-state index in [1.54, 1.807) is 12.1 Å². The van der Waals surface area contributed by atoms with Crippen LogP contribution >= 0.6 is 0 Å². The highest BCUT2D eigenvalue weighted by Gasteiger charge is 2.40. The molecule has 0 amide bonds. The van der Waals surface area contributed by atoms with Gasteiger partial charge in [-0.15, -0.1) is 0 Å². The molecule has 1 aromatic carbocycles. The Morgan fingerprint density at radius 2 is 2.00 bits per heavy atom. The standard InChI is InChI=1S/C12H16O6S/c1-8-2-4-9(5-3-8)19(15,16)18-12-10(14)7-17-11(12)6-13/h2-5,10-14H,6-7H2,1H3/t10-,11-,12-/m1/s1. The second-order valence-corrected chi connectivity index (χ2v) is 6.02. The SMILES string of the molecule is Cc1ccc(S(=O)(=O)O[C@@H]2[C@H](O)CO[C@@H]2CO)cc1. The third-order valence-electron chi connectivity index (χ3n) is 2.95. The molecule has 19 heavy (non-hydrogen) atoms. The molecule has 2 N–H and O–H groups in total. The molecule has 3 atom stereocenters. The van der Waals surface area contributed by atoms with E-state index in [9.17, 15) is 13.5 Å². The van der Waals surface area contributed by atoms with Gasteiger partial charge in [0.25, 0.3) is 10.1 Å². The van der Waals surface area contributed by atoms with Gasteiger partial charge < -0.3 is 14.9 Å². The lowest BCUT2D eigenvalue weighted by Gasteiger charge is -2.18. The molecule has 1 aliphatic heterocycles. The van der Waals surface area contributed by atoms with Crippen LogP contribution in [0.3, 0.4) is 0 Å². The zero-order valence-electron chi connectivity index (χ0n) is 10.4. The van der Waals surface area contributed by atoms with E-state index >= 15 is 0 Å². The van der Waals surface area contributed by atoms with Crippen LogP contribution in [-0.4, -0.2) is 50.2 Å². The van der Waals surface area contributed by atoms with Crippen LogP contribution in [-0.2, 0) is 19.0 Å². The maximum atomic E-state index is 12.0. The Morgan fingerprint density at radius 3 is 2.58 bits per heavy atom. The molecular weight excluding hydrogens is 272 g/mol. The van der Waals surface area contributed by atoms with Crippen LogP contribution in [0, 0.1) is 6.92 Å². The van der Waals surface area contributed by atoms with Crippen LogP contribution in [0.4, 0.5) is 0 Å². The molecule has 0 unspecified atom stereocenters. The van der Waals surface area contributed by atoms with E-state index in [0.717, 1.165) is 5.56 Å². The average molecular weight is 288 g/mol. The number of benzene rings is 1. The molecule has 0 radical (unpaired) electrons. The first-order valence-corrected chi connectivity index (χ1v) is 7.25. The summed E-state index contributed by atoms with van der Waals surface area (Å²) in [6, 6.07) is 6.17. The van der Waals surface area contributed by atoms with Crippen molar-refractivity contribution in [3.63, 3.8) is 0 Å².